The molecule has 1 unspecified atom stereocenters. The molecule has 0 radical (unpaired) electrons. The molecule has 1 atom stereocenters. The molecule has 0 aliphatic rings. The summed E-state index contributed by atoms with van der Waals surface area (Å²) in [6.45, 7) is 5.77. The number of carbonyl (C=O) groups excluding carboxylic acids is 1. The van der Waals surface area contributed by atoms with Gasteiger partial charge in [0.05, 0.1) is 5.69 Å². The van der Waals surface area contributed by atoms with E-state index in [2.05, 4.69) is 29.1 Å². The second kappa shape index (κ2) is 8.46. The highest BCUT2D eigenvalue weighted by molar-refractivity contribution is 5.78. The van der Waals surface area contributed by atoms with Gasteiger partial charge in [-0.05, 0) is 31.4 Å². The van der Waals surface area contributed by atoms with Crippen molar-refractivity contribution in [3.63, 3.8) is 0 Å². The lowest BCUT2D eigenvalue weighted by Gasteiger charge is -2.29. The Bertz CT molecular complexity index is 431. The topological polar surface area (TPSA) is 54.4 Å². The van der Waals surface area contributed by atoms with Crippen molar-refractivity contribution in [2.75, 3.05) is 0 Å². The molecule has 4 heteroatoms. The van der Waals surface area contributed by atoms with E-state index in [-0.39, 0.29) is 5.91 Å². The monoisotopic (exact) mass is 275 g/mol. The molecule has 1 aromatic rings. The lowest BCUT2D eigenvalue weighted by Crippen LogP contribution is -2.45. The molecule has 0 aromatic carbocycles. The second-order valence-corrected chi connectivity index (χ2v) is 5.04. The van der Waals surface area contributed by atoms with Crippen LogP contribution in [-0.4, -0.2) is 22.8 Å². The van der Waals surface area contributed by atoms with Gasteiger partial charge in [0.2, 0.25) is 5.91 Å². The Kier molecular flexibility index (Phi) is 6.91. The van der Waals surface area contributed by atoms with E-state index in [0.29, 0.717) is 0 Å². The van der Waals surface area contributed by atoms with Crippen molar-refractivity contribution in [3.05, 3.63) is 30.1 Å². The van der Waals surface area contributed by atoms with Gasteiger partial charge in [0.1, 0.15) is 5.66 Å². The van der Waals surface area contributed by atoms with E-state index < -0.39 is 5.66 Å². The fourth-order valence-electron chi connectivity index (χ4n) is 2.15. The maximum atomic E-state index is 11.5. The van der Waals surface area contributed by atoms with Crippen LogP contribution in [0.4, 0.5) is 0 Å². The van der Waals surface area contributed by atoms with Crippen LogP contribution in [-0.2, 0) is 4.79 Å². The summed E-state index contributed by atoms with van der Waals surface area (Å²) in [6.07, 6.45) is 8.50. The SMILES string of the molecule is CCCCCC(CC)(/N=C/c1ccccn1)NC(C)=O. The molecular formula is C16H25N3O. The Hall–Kier alpha value is -1.71. The van der Waals surface area contributed by atoms with E-state index >= 15 is 0 Å². The summed E-state index contributed by atoms with van der Waals surface area (Å²) in [5.41, 5.74) is 0.310. The second-order valence-electron chi connectivity index (χ2n) is 5.04. The Morgan fingerprint density at radius 2 is 2.20 bits per heavy atom. The molecule has 1 heterocycles. The lowest BCUT2D eigenvalue weighted by atomic mass is 9.99. The molecule has 0 spiro atoms. The van der Waals surface area contributed by atoms with E-state index in [1.165, 1.54) is 0 Å². The first kappa shape index (κ1) is 16.3. The minimum atomic E-state index is -0.501. The molecule has 20 heavy (non-hydrogen) atoms. The Labute approximate surface area is 121 Å². The minimum Gasteiger partial charge on any atom is -0.332 e. The van der Waals surface area contributed by atoms with Gasteiger partial charge < -0.3 is 5.32 Å². The number of nitrogens with one attached hydrogen (secondary N) is 1. The standard InChI is InChI=1S/C16H25N3O/c1-4-6-8-11-16(5-2,19-14(3)20)18-13-15-10-7-9-12-17-15/h7,9-10,12-13H,4-6,8,11H2,1-3H3,(H,19,20)/b18-13+. The number of hydrogen-bond donors (Lipinski definition) is 1. The average Bonchev–Trinajstić information content (AvgIpc) is 2.45. The number of unbranched alkanes of at least 4 members (excludes halogenated alkanes) is 2. The quantitative estimate of drug-likeness (QED) is 0.584. The first-order chi connectivity index (χ1) is 9.62. The van der Waals surface area contributed by atoms with Crippen molar-refractivity contribution in [3.8, 4) is 0 Å². The Balaban J connectivity index is 2.84. The van der Waals surface area contributed by atoms with Crippen molar-refractivity contribution < 1.29 is 4.79 Å². The number of nitrogens with zero attached hydrogens (tertiary/aromatic N) is 2. The van der Waals surface area contributed by atoms with Gasteiger partial charge in [0, 0.05) is 19.3 Å². The largest absolute Gasteiger partial charge is 0.332 e. The van der Waals surface area contributed by atoms with Crippen molar-refractivity contribution in [2.45, 2.75) is 58.5 Å². The third-order valence-corrected chi connectivity index (χ3v) is 3.32. The van der Waals surface area contributed by atoms with Crippen LogP contribution in [0.15, 0.2) is 29.4 Å². The summed E-state index contributed by atoms with van der Waals surface area (Å²) in [4.78, 5) is 20.3. The summed E-state index contributed by atoms with van der Waals surface area (Å²) in [6, 6.07) is 5.71. The molecule has 4 nitrogen and oxygen atoms in total. The zero-order valence-corrected chi connectivity index (χ0v) is 12.7. The average molecular weight is 275 g/mol. The molecular weight excluding hydrogens is 250 g/mol. The van der Waals surface area contributed by atoms with Crippen molar-refractivity contribution in [1.82, 2.24) is 10.3 Å². The number of carbonyl (C=O) groups is 1. The molecule has 0 bridgehead atoms. The number of aromatic nitrogens is 1. The predicted octanol–water partition coefficient (Wildman–Crippen LogP) is 3.32. The van der Waals surface area contributed by atoms with Crippen LogP contribution in [0.3, 0.4) is 0 Å². The number of amides is 1. The van der Waals surface area contributed by atoms with Crippen LogP contribution in [0, 0.1) is 0 Å². The summed E-state index contributed by atoms with van der Waals surface area (Å²) >= 11 is 0. The molecule has 1 aromatic heterocycles. The highest BCUT2D eigenvalue weighted by Crippen LogP contribution is 2.21. The third kappa shape index (κ3) is 5.51. The van der Waals surface area contributed by atoms with Crippen LogP contribution in [0.25, 0.3) is 0 Å². The van der Waals surface area contributed by atoms with Gasteiger partial charge in [-0.3, -0.25) is 14.8 Å². The first-order valence-corrected chi connectivity index (χ1v) is 7.37. The summed E-state index contributed by atoms with van der Waals surface area (Å²) in [5, 5.41) is 3.01. The minimum absolute atomic E-state index is 0.0403. The maximum Gasteiger partial charge on any atom is 0.218 e. The van der Waals surface area contributed by atoms with E-state index in [1.54, 1.807) is 19.3 Å². The number of pyridine rings is 1. The van der Waals surface area contributed by atoms with Crippen molar-refractivity contribution in [1.29, 1.82) is 0 Å². The van der Waals surface area contributed by atoms with Crippen LogP contribution < -0.4 is 5.32 Å². The lowest BCUT2D eigenvalue weighted by molar-refractivity contribution is -0.120. The summed E-state index contributed by atoms with van der Waals surface area (Å²) < 4.78 is 0. The Morgan fingerprint density at radius 1 is 1.40 bits per heavy atom. The van der Waals surface area contributed by atoms with Gasteiger partial charge >= 0.3 is 0 Å². The fraction of sp³-hybridized carbons (Fsp3) is 0.562. The molecule has 0 saturated heterocycles. The maximum absolute atomic E-state index is 11.5. The summed E-state index contributed by atoms with van der Waals surface area (Å²) in [5.74, 6) is -0.0403. The van der Waals surface area contributed by atoms with Crippen LogP contribution in [0.2, 0.25) is 0 Å². The van der Waals surface area contributed by atoms with E-state index in [0.717, 1.165) is 37.8 Å². The molecule has 0 fully saturated rings. The van der Waals surface area contributed by atoms with Crippen LogP contribution in [0.1, 0.15) is 58.6 Å². The highest BCUT2D eigenvalue weighted by atomic mass is 16.1. The molecule has 110 valence electrons. The molecule has 0 aliphatic carbocycles. The molecule has 1 amide bonds. The number of rotatable bonds is 8. The zero-order chi connectivity index (χ0) is 14.8. The summed E-state index contributed by atoms with van der Waals surface area (Å²) in [7, 11) is 0. The van der Waals surface area contributed by atoms with Gasteiger partial charge in [-0.1, -0.05) is 32.8 Å². The molecule has 1 rings (SSSR count). The van der Waals surface area contributed by atoms with Gasteiger partial charge in [0.25, 0.3) is 0 Å². The van der Waals surface area contributed by atoms with Crippen molar-refractivity contribution in [2.24, 2.45) is 4.99 Å². The Morgan fingerprint density at radius 3 is 2.75 bits per heavy atom. The first-order valence-electron chi connectivity index (χ1n) is 7.37. The van der Waals surface area contributed by atoms with Gasteiger partial charge in [-0.2, -0.15) is 0 Å². The zero-order valence-electron chi connectivity index (χ0n) is 12.7. The van der Waals surface area contributed by atoms with E-state index in [4.69, 9.17) is 0 Å². The highest BCUT2D eigenvalue weighted by Gasteiger charge is 2.26. The van der Waals surface area contributed by atoms with E-state index in [1.807, 2.05) is 18.2 Å². The molecule has 1 N–H and O–H groups in total. The fourth-order valence-corrected chi connectivity index (χ4v) is 2.15. The van der Waals surface area contributed by atoms with Gasteiger partial charge in [-0.25, -0.2) is 0 Å². The molecule has 0 saturated carbocycles. The predicted molar refractivity (Wildman–Crippen MR) is 82.8 cm³/mol. The normalized spacial score (nSPS) is 14.2. The van der Waals surface area contributed by atoms with Gasteiger partial charge in [-0.15, -0.1) is 0 Å². The van der Waals surface area contributed by atoms with E-state index in [9.17, 15) is 4.79 Å². The smallest absolute Gasteiger partial charge is 0.218 e. The molecule has 0 aliphatic heterocycles. The van der Waals surface area contributed by atoms with Crippen LogP contribution >= 0.6 is 0 Å². The van der Waals surface area contributed by atoms with Gasteiger partial charge in [0.15, 0.2) is 0 Å². The van der Waals surface area contributed by atoms with Crippen LogP contribution in [0.5, 0.6) is 0 Å². The number of hydrogen-bond acceptors (Lipinski definition) is 3. The number of aliphatic imine (C=N–C) groups is 1. The van der Waals surface area contributed by atoms with Crippen molar-refractivity contribution >= 4 is 12.1 Å². The third-order valence-electron chi connectivity index (χ3n) is 3.32.